The van der Waals surface area contributed by atoms with Crippen LogP contribution in [0.25, 0.3) is 10.8 Å². The van der Waals surface area contributed by atoms with Gasteiger partial charge in [-0.05, 0) is 40.8 Å². The van der Waals surface area contributed by atoms with Crippen molar-refractivity contribution in [1.29, 1.82) is 0 Å². The number of rotatable bonds is 5. The minimum absolute atomic E-state index is 0. The molecule has 108 valence electrons. The van der Waals surface area contributed by atoms with E-state index in [2.05, 4.69) is 13.0 Å². The van der Waals surface area contributed by atoms with Crippen LogP contribution in [0.2, 0.25) is 0 Å². The first-order valence-corrected chi connectivity index (χ1v) is 8.39. The molecule has 0 amide bonds. The summed E-state index contributed by atoms with van der Waals surface area (Å²) < 4.78 is 34.3. The first kappa shape index (κ1) is 19.3. The fourth-order valence-electron chi connectivity index (χ4n) is 2.69. The third-order valence-corrected chi connectivity index (χ3v) is 4.43. The molecule has 0 aromatic heterocycles. The van der Waals surface area contributed by atoms with E-state index in [1.807, 2.05) is 19.1 Å². The Morgan fingerprint density at radius 3 is 2.19 bits per heavy atom. The van der Waals surface area contributed by atoms with Gasteiger partial charge in [-0.3, -0.25) is 0 Å². The predicted molar refractivity (Wildman–Crippen MR) is 79.9 cm³/mol. The zero-order chi connectivity index (χ0) is 14.8. The van der Waals surface area contributed by atoms with E-state index in [0.717, 1.165) is 30.0 Å². The molecule has 2 aromatic carbocycles. The van der Waals surface area contributed by atoms with E-state index in [4.69, 9.17) is 0 Å². The Bertz CT molecular complexity index is 724. The summed E-state index contributed by atoms with van der Waals surface area (Å²) in [7, 11) is -4.42. The molecule has 0 unspecified atom stereocenters. The first-order chi connectivity index (χ1) is 9.49. The second-order valence-corrected chi connectivity index (χ2v) is 6.36. The summed E-state index contributed by atoms with van der Waals surface area (Å²) in [5.41, 5.74) is 1.87. The molecule has 0 atom stereocenters. The zero-order valence-electron chi connectivity index (χ0n) is 12.8. The molecule has 3 nitrogen and oxygen atoms in total. The second kappa shape index (κ2) is 8.20. The molecule has 0 saturated heterocycles. The van der Waals surface area contributed by atoms with Gasteiger partial charge in [0.1, 0.15) is 10.1 Å². The predicted octanol–water partition coefficient (Wildman–Crippen LogP) is 0.653. The summed E-state index contributed by atoms with van der Waals surface area (Å²) >= 11 is 0. The van der Waals surface area contributed by atoms with Crippen LogP contribution in [0.3, 0.4) is 0 Å². The van der Waals surface area contributed by atoms with E-state index in [1.54, 1.807) is 6.07 Å². The average molecular weight is 330 g/mol. The van der Waals surface area contributed by atoms with Crippen LogP contribution in [0.5, 0.6) is 0 Å². The summed E-state index contributed by atoms with van der Waals surface area (Å²) in [6, 6.07) is 9.15. The largest absolute Gasteiger partial charge is 1.00 e. The van der Waals surface area contributed by atoms with Crippen molar-refractivity contribution in [2.45, 2.75) is 44.4 Å². The molecule has 2 rings (SSSR count). The van der Waals surface area contributed by atoms with Crippen LogP contribution in [-0.4, -0.2) is 13.0 Å². The van der Waals surface area contributed by atoms with Crippen molar-refractivity contribution in [1.82, 2.24) is 0 Å². The van der Waals surface area contributed by atoms with E-state index in [1.165, 1.54) is 11.6 Å². The monoisotopic (exact) mass is 330 g/mol. The standard InChI is InChI=1S/C16H20O3S.K/c1-3-6-12-8-5-9-14-13(12)10-11-16(20(17,18)19)15(14)7-4-2;/h5,8-11H,3-4,6-7H2,1-2H3,(H,17,18,19);/q;+1/p-1. The SMILES string of the molecule is CCCc1cccc2c(CCC)c(S(=O)(=O)[O-])ccc12.[K+]. The van der Waals surface area contributed by atoms with Gasteiger partial charge in [0.2, 0.25) is 0 Å². The Hall–Kier alpha value is 0.246. The van der Waals surface area contributed by atoms with Crippen LogP contribution in [-0.2, 0) is 23.0 Å². The Labute approximate surface area is 169 Å². The van der Waals surface area contributed by atoms with Gasteiger partial charge in [-0.25, -0.2) is 8.42 Å². The van der Waals surface area contributed by atoms with E-state index >= 15 is 0 Å². The molecule has 0 radical (unpaired) electrons. The summed E-state index contributed by atoms with van der Waals surface area (Å²) in [5, 5.41) is 1.96. The van der Waals surface area contributed by atoms with Crippen LogP contribution in [0.15, 0.2) is 35.2 Å². The quantitative estimate of drug-likeness (QED) is 0.597. The fourth-order valence-corrected chi connectivity index (χ4v) is 3.44. The molecule has 0 bridgehead atoms. The third-order valence-electron chi connectivity index (χ3n) is 3.51. The van der Waals surface area contributed by atoms with Gasteiger partial charge in [0.05, 0.1) is 4.90 Å². The van der Waals surface area contributed by atoms with Gasteiger partial charge >= 0.3 is 51.4 Å². The minimum atomic E-state index is -4.42. The molecule has 0 aliphatic carbocycles. The van der Waals surface area contributed by atoms with Gasteiger partial charge < -0.3 is 4.55 Å². The molecule has 2 aromatic rings. The maximum absolute atomic E-state index is 11.4. The molecule has 0 heterocycles. The second-order valence-electron chi connectivity index (χ2n) is 5.01. The van der Waals surface area contributed by atoms with Crippen molar-refractivity contribution in [3.8, 4) is 0 Å². The molecule has 0 aliphatic heterocycles. The van der Waals surface area contributed by atoms with Crippen molar-refractivity contribution < 1.29 is 64.4 Å². The Kier molecular flexibility index (Phi) is 7.53. The van der Waals surface area contributed by atoms with Gasteiger partial charge in [0.15, 0.2) is 0 Å². The Morgan fingerprint density at radius 2 is 1.62 bits per heavy atom. The van der Waals surface area contributed by atoms with Crippen LogP contribution in [0.1, 0.15) is 37.8 Å². The topological polar surface area (TPSA) is 57.2 Å². The third kappa shape index (κ3) is 4.38. The zero-order valence-corrected chi connectivity index (χ0v) is 16.8. The van der Waals surface area contributed by atoms with Gasteiger partial charge in [-0.2, -0.15) is 0 Å². The Balaban J connectivity index is 0.00000220. The van der Waals surface area contributed by atoms with Crippen LogP contribution >= 0.6 is 0 Å². The first-order valence-electron chi connectivity index (χ1n) is 6.98. The maximum atomic E-state index is 11.4. The number of aryl methyl sites for hydroxylation is 2. The molecule has 0 aliphatic rings. The van der Waals surface area contributed by atoms with Crippen molar-refractivity contribution >= 4 is 20.9 Å². The smallest absolute Gasteiger partial charge is 0.744 e. The molecular formula is C16H19KO3S. The van der Waals surface area contributed by atoms with E-state index < -0.39 is 10.1 Å². The molecule has 0 spiro atoms. The number of hydrogen-bond acceptors (Lipinski definition) is 3. The molecular weight excluding hydrogens is 311 g/mol. The normalized spacial score (nSPS) is 11.4. The van der Waals surface area contributed by atoms with Crippen LogP contribution < -0.4 is 51.4 Å². The van der Waals surface area contributed by atoms with Crippen molar-refractivity contribution in [2.75, 3.05) is 0 Å². The van der Waals surface area contributed by atoms with Gasteiger partial charge in [-0.1, -0.05) is 51.0 Å². The summed E-state index contributed by atoms with van der Waals surface area (Å²) in [6.07, 6.45) is 3.39. The average Bonchev–Trinajstić information content (AvgIpc) is 2.39. The van der Waals surface area contributed by atoms with Crippen molar-refractivity contribution in [3.63, 3.8) is 0 Å². The molecule has 21 heavy (non-hydrogen) atoms. The van der Waals surface area contributed by atoms with E-state index in [-0.39, 0.29) is 56.3 Å². The molecule has 0 fully saturated rings. The van der Waals surface area contributed by atoms with Gasteiger partial charge in [-0.15, -0.1) is 0 Å². The van der Waals surface area contributed by atoms with Crippen molar-refractivity contribution in [2.24, 2.45) is 0 Å². The van der Waals surface area contributed by atoms with E-state index in [9.17, 15) is 13.0 Å². The van der Waals surface area contributed by atoms with Crippen LogP contribution in [0.4, 0.5) is 0 Å². The number of hydrogen-bond donors (Lipinski definition) is 0. The Morgan fingerprint density at radius 1 is 0.952 bits per heavy atom. The molecule has 0 N–H and O–H groups in total. The maximum Gasteiger partial charge on any atom is 1.00 e. The molecule has 5 heteroatoms. The number of benzene rings is 2. The molecule has 0 saturated carbocycles. The van der Waals surface area contributed by atoms with Gasteiger partial charge in [0.25, 0.3) is 0 Å². The minimum Gasteiger partial charge on any atom is -0.744 e. The van der Waals surface area contributed by atoms with Crippen molar-refractivity contribution in [3.05, 3.63) is 41.5 Å². The van der Waals surface area contributed by atoms with E-state index in [0.29, 0.717) is 12.0 Å². The number of fused-ring (bicyclic) bond motifs is 1. The fraction of sp³-hybridized carbons (Fsp3) is 0.375. The van der Waals surface area contributed by atoms with Gasteiger partial charge in [0, 0.05) is 0 Å². The summed E-state index contributed by atoms with van der Waals surface area (Å²) in [6.45, 7) is 4.10. The summed E-state index contributed by atoms with van der Waals surface area (Å²) in [4.78, 5) is -0.0690. The van der Waals surface area contributed by atoms with Crippen LogP contribution in [0, 0.1) is 0 Å². The summed E-state index contributed by atoms with van der Waals surface area (Å²) in [5.74, 6) is 0.